The third-order valence-electron chi connectivity index (χ3n) is 9.19. The molecule has 1 aromatic heterocycles. The fourth-order valence-corrected chi connectivity index (χ4v) is 6.42. The second-order valence-corrected chi connectivity index (χ2v) is 13.5. The number of aromatic amines is 1. The zero-order valence-corrected chi connectivity index (χ0v) is 29.0. The minimum Gasteiger partial charge on any atom is -0.496 e. The largest absolute Gasteiger partial charge is 0.496 e. The predicted octanol–water partition coefficient (Wildman–Crippen LogP) is 4.72. The van der Waals surface area contributed by atoms with E-state index in [4.69, 9.17) is 19.4 Å². The minimum absolute atomic E-state index is 0.00180. The average molecular weight is 715 g/mol. The van der Waals surface area contributed by atoms with Crippen molar-refractivity contribution in [3.05, 3.63) is 60.4 Å². The van der Waals surface area contributed by atoms with Crippen LogP contribution in [0.5, 0.6) is 11.5 Å². The number of anilines is 1. The summed E-state index contributed by atoms with van der Waals surface area (Å²) in [5.41, 5.74) is 3.04. The van der Waals surface area contributed by atoms with E-state index in [2.05, 4.69) is 37.4 Å². The average Bonchev–Trinajstić information content (AvgIpc) is 3.82. The number of H-pyrrole nitrogens is 1. The number of carbonyl (C=O) groups excluding carboxylic acids is 2. The molecule has 2 saturated heterocycles. The monoisotopic (exact) mass is 714 g/mol. The highest BCUT2D eigenvalue weighted by atomic mass is 19.4. The molecule has 3 aliphatic rings. The molecule has 3 aromatic rings. The lowest BCUT2D eigenvalue weighted by Gasteiger charge is -2.37. The summed E-state index contributed by atoms with van der Waals surface area (Å²) in [5.74, 6) is -1.17. The number of aliphatic carboxylic acids is 1. The summed E-state index contributed by atoms with van der Waals surface area (Å²) in [4.78, 5) is 42.4. The topological polar surface area (TPSA) is 140 Å². The summed E-state index contributed by atoms with van der Waals surface area (Å²) in [6.07, 6.45) is 2.47. The SMILES string of the molecule is COc1cc(CN(C(=O)C2CCCN(c3cccc(OC(C)(C)C(=O)N4CCNCC4)c3)C2)C2CC2)ccc1-c1cn[nH]c1.O=C(O)C(F)(F)F. The van der Waals surface area contributed by atoms with Gasteiger partial charge in [-0.25, -0.2) is 4.79 Å². The molecule has 0 spiro atoms. The Labute approximate surface area is 294 Å². The molecule has 15 heteroatoms. The number of nitrogens with zero attached hydrogens (tertiary/aromatic N) is 4. The van der Waals surface area contributed by atoms with Gasteiger partial charge in [0.15, 0.2) is 5.60 Å². The molecule has 1 atom stereocenters. The van der Waals surface area contributed by atoms with Gasteiger partial charge in [0.25, 0.3) is 5.91 Å². The molecule has 1 saturated carbocycles. The van der Waals surface area contributed by atoms with Crippen molar-refractivity contribution < 1.29 is 42.1 Å². The van der Waals surface area contributed by atoms with E-state index in [-0.39, 0.29) is 17.7 Å². The van der Waals surface area contributed by atoms with Crippen molar-refractivity contribution in [2.24, 2.45) is 5.92 Å². The lowest BCUT2D eigenvalue weighted by Crippen LogP contribution is -2.54. The number of benzene rings is 2. The van der Waals surface area contributed by atoms with Gasteiger partial charge in [0, 0.05) is 80.9 Å². The Morgan fingerprint density at radius 1 is 1.04 bits per heavy atom. The lowest BCUT2D eigenvalue weighted by atomic mass is 9.95. The Morgan fingerprint density at radius 3 is 2.39 bits per heavy atom. The molecule has 1 aliphatic carbocycles. The normalized spacial score (nSPS) is 18.0. The fourth-order valence-electron chi connectivity index (χ4n) is 6.42. The van der Waals surface area contributed by atoms with E-state index in [1.807, 2.05) is 55.3 Å². The van der Waals surface area contributed by atoms with Crippen LogP contribution in [-0.2, 0) is 20.9 Å². The van der Waals surface area contributed by atoms with Crippen LogP contribution in [0.2, 0.25) is 0 Å². The van der Waals surface area contributed by atoms with Gasteiger partial charge >= 0.3 is 12.1 Å². The van der Waals surface area contributed by atoms with Crippen molar-refractivity contribution >= 4 is 23.5 Å². The number of hydrogen-bond acceptors (Lipinski definition) is 8. The number of rotatable bonds is 10. The molecule has 0 bridgehead atoms. The fraction of sp³-hybridized carbons (Fsp3) is 0.500. The number of ether oxygens (including phenoxy) is 2. The number of piperidine rings is 1. The molecule has 2 aliphatic heterocycles. The van der Waals surface area contributed by atoms with Crippen molar-refractivity contribution in [2.75, 3.05) is 51.3 Å². The zero-order valence-electron chi connectivity index (χ0n) is 29.0. The van der Waals surface area contributed by atoms with E-state index in [9.17, 15) is 22.8 Å². The minimum atomic E-state index is -5.08. The maximum Gasteiger partial charge on any atom is 0.490 e. The van der Waals surface area contributed by atoms with E-state index < -0.39 is 17.7 Å². The number of halogens is 3. The van der Waals surface area contributed by atoms with Crippen LogP contribution in [-0.4, -0.2) is 107 Å². The van der Waals surface area contributed by atoms with E-state index in [1.54, 1.807) is 13.3 Å². The zero-order chi connectivity index (χ0) is 36.8. The second kappa shape index (κ2) is 16.0. The highest BCUT2D eigenvalue weighted by Crippen LogP contribution is 2.35. The first-order valence-corrected chi connectivity index (χ1v) is 17.1. The number of piperazine rings is 1. The van der Waals surface area contributed by atoms with Crippen molar-refractivity contribution in [3.8, 4) is 22.6 Å². The molecule has 12 nitrogen and oxygen atoms in total. The smallest absolute Gasteiger partial charge is 0.490 e. The van der Waals surface area contributed by atoms with Gasteiger partial charge in [0.1, 0.15) is 11.5 Å². The van der Waals surface area contributed by atoms with Crippen LogP contribution in [0.4, 0.5) is 18.9 Å². The molecule has 2 aromatic carbocycles. The Balaban J connectivity index is 0.000000654. The molecule has 1 unspecified atom stereocenters. The molecule has 3 N–H and O–H groups in total. The number of hydrogen-bond donors (Lipinski definition) is 3. The van der Waals surface area contributed by atoms with Crippen LogP contribution in [0.25, 0.3) is 11.1 Å². The van der Waals surface area contributed by atoms with E-state index in [1.165, 1.54) is 0 Å². The predicted molar refractivity (Wildman–Crippen MR) is 183 cm³/mol. The molecule has 3 heterocycles. The van der Waals surface area contributed by atoms with Gasteiger partial charge in [-0.3, -0.25) is 14.7 Å². The number of carbonyl (C=O) groups is 3. The Bertz CT molecular complexity index is 1660. The lowest BCUT2D eigenvalue weighted by molar-refractivity contribution is -0.192. The highest BCUT2D eigenvalue weighted by molar-refractivity contribution is 5.85. The number of aromatic nitrogens is 2. The highest BCUT2D eigenvalue weighted by Gasteiger charge is 2.39. The van der Waals surface area contributed by atoms with Crippen LogP contribution in [0, 0.1) is 5.92 Å². The first kappa shape index (κ1) is 37.5. The van der Waals surface area contributed by atoms with Gasteiger partial charge in [-0.2, -0.15) is 18.3 Å². The third kappa shape index (κ3) is 9.72. The molecule has 276 valence electrons. The molecule has 51 heavy (non-hydrogen) atoms. The maximum absolute atomic E-state index is 14.0. The number of methoxy groups -OCH3 is 1. The van der Waals surface area contributed by atoms with E-state index >= 15 is 0 Å². The third-order valence-corrected chi connectivity index (χ3v) is 9.19. The quantitative estimate of drug-likeness (QED) is 0.272. The summed E-state index contributed by atoms with van der Waals surface area (Å²) in [5, 5.41) is 17.3. The van der Waals surface area contributed by atoms with Crippen LogP contribution in [0.15, 0.2) is 54.9 Å². The van der Waals surface area contributed by atoms with Crippen molar-refractivity contribution in [2.45, 2.75) is 63.9 Å². The van der Waals surface area contributed by atoms with Gasteiger partial charge in [0.2, 0.25) is 5.91 Å². The molecule has 6 rings (SSSR count). The Kier molecular flexibility index (Phi) is 11.8. The van der Waals surface area contributed by atoms with Crippen molar-refractivity contribution in [3.63, 3.8) is 0 Å². The summed E-state index contributed by atoms with van der Waals surface area (Å²) in [6, 6.07) is 14.4. The molecular weight excluding hydrogens is 669 g/mol. The summed E-state index contributed by atoms with van der Waals surface area (Å²) >= 11 is 0. The van der Waals surface area contributed by atoms with Crippen molar-refractivity contribution in [1.82, 2.24) is 25.3 Å². The van der Waals surface area contributed by atoms with Gasteiger partial charge in [0.05, 0.1) is 19.2 Å². The molecule has 2 amide bonds. The van der Waals surface area contributed by atoms with Crippen LogP contribution in [0.3, 0.4) is 0 Å². The van der Waals surface area contributed by atoms with Crippen LogP contribution < -0.4 is 19.7 Å². The molecular formula is C36H45F3N6O6. The summed E-state index contributed by atoms with van der Waals surface area (Å²) in [7, 11) is 1.68. The molecule has 3 fully saturated rings. The first-order chi connectivity index (χ1) is 24.3. The van der Waals surface area contributed by atoms with E-state index in [0.717, 1.165) is 73.4 Å². The van der Waals surface area contributed by atoms with Gasteiger partial charge in [-0.15, -0.1) is 0 Å². The van der Waals surface area contributed by atoms with Crippen LogP contribution >= 0.6 is 0 Å². The van der Waals surface area contributed by atoms with Crippen molar-refractivity contribution in [1.29, 1.82) is 0 Å². The number of amides is 2. The molecule has 0 radical (unpaired) electrons. The summed E-state index contributed by atoms with van der Waals surface area (Å²) in [6.45, 7) is 8.78. The first-order valence-electron chi connectivity index (χ1n) is 17.1. The van der Waals surface area contributed by atoms with E-state index in [0.29, 0.717) is 38.0 Å². The maximum atomic E-state index is 14.0. The number of carboxylic acid groups (broad SMARTS) is 1. The number of alkyl halides is 3. The number of carboxylic acids is 1. The van der Waals surface area contributed by atoms with Gasteiger partial charge in [-0.05, 0) is 63.3 Å². The summed E-state index contributed by atoms with van der Waals surface area (Å²) < 4.78 is 43.7. The van der Waals surface area contributed by atoms with Gasteiger partial charge < -0.3 is 34.6 Å². The Morgan fingerprint density at radius 2 is 1.76 bits per heavy atom. The Hall–Kier alpha value is -4.79. The second-order valence-electron chi connectivity index (χ2n) is 13.5. The number of nitrogens with one attached hydrogen (secondary N) is 2. The van der Waals surface area contributed by atoms with Gasteiger partial charge in [-0.1, -0.05) is 18.2 Å². The standard InChI is InChI=1S/C34H44N6O4.C2HF3O2/c1-34(2,33(42)38-16-13-35-14-17-38)44-29-8-4-7-28(19-29)39-15-5-6-25(23-39)32(41)40(27-10-11-27)22-24-9-12-30(31(18-24)43-3)26-20-36-37-21-26;3-2(4,5)1(6)7/h4,7-9,12,18-21,25,27,35H,5-6,10-11,13-17,22-23H2,1-3H3,(H,36,37);(H,6,7). The van der Waals surface area contributed by atoms with Crippen LogP contribution in [0.1, 0.15) is 45.1 Å².